The van der Waals surface area contributed by atoms with Crippen LogP contribution in [0.4, 0.5) is 0 Å². The van der Waals surface area contributed by atoms with Gasteiger partial charge in [0.25, 0.3) is 0 Å². The summed E-state index contributed by atoms with van der Waals surface area (Å²) in [6, 6.07) is 7.14. The van der Waals surface area contributed by atoms with Gasteiger partial charge in [0.05, 0.1) is 18.7 Å². The largest absolute Gasteiger partial charge is 0.493 e. The van der Waals surface area contributed by atoms with Gasteiger partial charge in [-0.15, -0.1) is 0 Å². The summed E-state index contributed by atoms with van der Waals surface area (Å²) in [6.45, 7) is 2.05. The molecule has 0 aromatic heterocycles. The average molecular weight is 236 g/mol. The van der Waals surface area contributed by atoms with Gasteiger partial charge in [-0.05, 0) is 36.8 Å². The maximum atomic E-state index is 10.9. The molecule has 17 heavy (non-hydrogen) atoms. The molecule has 0 fully saturated rings. The zero-order chi connectivity index (χ0) is 12.7. The molecule has 2 N–H and O–H groups in total. The van der Waals surface area contributed by atoms with Crippen LogP contribution in [0.2, 0.25) is 0 Å². The molecule has 1 aromatic rings. The third-order valence-electron chi connectivity index (χ3n) is 2.30. The first-order chi connectivity index (χ1) is 8.17. The Balaban J connectivity index is 2.49. The van der Waals surface area contributed by atoms with Crippen molar-refractivity contribution in [2.45, 2.75) is 13.3 Å². The number of hydrogen-bond donors (Lipinski definition) is 2. The normalized spacial score (nSPS) is 11.1. The van der Waals surface area contributed by atoms with E-state index in [0.717, 1.165) is 5.56 Å². The number of carbonyl (C=O) groups excluding carboxylic acids is 1. The number of benzene rings is 1. The van der Waals surface area contributed by atoms with E-state index in [-0.39, 0.29) is 5.91 Å². The van der Waals surface area contributed by atoms with Crippen LogP contribution in [0.1, 0.15) is 18.9 Å². The lowest BCUT2D eigenvalue weighted by Gasteiger charge is -2.06. The Kier molecular flexibility index (Phi) is 5.00. The minimum absolute atomic E-state index is 0.0510. The summed E-state index contributed by atoms with van der Waals surface area (Å²) >= 11 is 0. The van der Waals surface area contributed by atoms with Crippen molar-refractivity contribution in [3.05, 3.63) is 29.8 Å². The number of carbonyl (C=O) groups is 1. The quantitative estimate of drug-likeness (QED) is 0.461. The van der Waals surface area contributed by atoms with E-state index in [4.69, 9.17) is 9.94 Å². The summed E-state index contributed by atoms with van der Waals surface area (Å²) in [6.07, 6.45) is 0.329. The summed E-state index contributed by atoms with van der Waals surface area (Å²) in [5, 5.41) is 14.2. The molecule has 1 amide bonds. The summed E-state index contributed by atoms with van der Waals surface area (Å²) < 4.78 is 5.38. The molecule has 0 saturated carbocycles. The molecule has 1 aromatic carbocycles. The van der Waals surface area contributed by atoms with Crippen LogP contribution in [0.5, 0.6) is 5.75 Å². The van der Waals surface area contributed by atoms with Crippen LogP contribution in [0, 0.1) is 0 Å². The number of ether oxygens (including phenoxy) is 1. The minimum atomic E-state index is -0.0510. The first-order valence-corrected chi connectivity index (χ1v) is 5.30. The molecule has 92 valence electrons. The van der Waals surface area contributed by atoms with Crippen molar-refractivity contribution in [2.24, 2.45) is 5.16 Å². The van der Waals surface area contributed by atoms with E-state index in [0.29, 0.717) is 24.5 Å². The summed E-state index contributed by atoms with van der Waals surface area (Å²) in [7, 11) is 1.59. The van der Waals surface area contributed by atoms with Crippen molar-refractivity contribution in [1.82, 2.24) is 5.32 Å². The van der Waals surface area contributed by atoms with Gasteiger partial charge in [-0.2, -0.15) is 0 Å². The maximum absolute atomic E-state index is 10.9. The predicted octanol–water partition coefficient (Wildman–Crippen LogP) is 1.40. The van der Waals surface area contributed by atoms with Crippen LogP contribution >= 0.6 is 0 Å². The molecule has 0 aliphatic heterocycles. The molecular weight excluding hydrogens is 220 g/mol. The molecule has 0 spiro atoms. The molecule has 0 aliphatic carbocycles. The lowest BCUT2D eigenvalue weighted by molar-refractivity contribution is -0.121. The Morgan fingerprint density at radius 3 is 2.59 bits per heavy atom. The van der Waals surface area contributed by atoms with Gasteiger partial charge in [0.15, 0.2) is 0 Å². The monoisotopic (exact) mass is 236 g/mol. The van der Waals surface area contributed by atoms with Crippen LogP contribution in [-0.4, -0.2) is 30.5 Å². The SMILES string of the molecule is CNC(=O)CCOc1ccc(/C(C)=N/O)cc1. The predicted molar refractivity (Wildman–Crippen MR) is 64.6 cm³/mol. The van der Waals surface area contributed by atoms with E-state index in [2.05, 4.69) is 10.5 Å². The Labute approximate surface area is 100 Å². The highest BCUT2D eigenvalue weighted by Crippen LogP contribution is 2.13. The van der Waals surface area contributed by atoms with Crippen molar-refractivity contribution in [1.29, 1.82) is 0 Å². The second-order valence-corrected chi connectivity index (χ2v) is 3.48. The van der Waals surface area contributed by atoms with Crippen molar-refractivity contribution in [3.63, 3.8) is 0 Å². The van der Waals surface area contributed by atoms with Crippen LogP contribution < -0.4 is 10.1 Å². The Morgan fingerprint density at radius 1 is 1.41 bits per heavy atom. The van der Waals surface area contributed by atoms with Crippen LogP contribution in [0.15, 0.2) is 29.4 Å². The average Bonchev–Trinajstić information content (AvgIpc) is 2.38. The molecule has 5 heteroatoms. The van der Waals surface area contributed by atoms with Gasteiger partial charge in [0.1, 0.15) is 5.75 Å². The van der Waals surface area contributed by atoms with Crippen molar-refractivity contribution < 1.29 is 14.7 Å². The molecule has 0 bridgehead atoms. The molecule has 0 saturated heterocycles. The summed E-state index contributed by atoms with van der Waals surface area (Å²) in [4.78, 5) is 10.9. The summed E-state index contributed by atoms with van der Waals surface area (Å²) in [5.41, 5.74) is 1.37. The standard InChI is InChI=1S/C12H16N2O3/c1-9(14-16)10-3-5-11(6-4-10)17-8-7-12(15)13-2/h3-6,16H,7-8H2,1-2H3,(H,13,15)/b14-9+. The molecule has 0 aliphatic rings. The molecule has 0 heterocycles. The van der Waals surface area contributed by atoms with Gasteiger partial charge in [-0.3, -0.25) is 4.79 Å². The Bertz CT molecular complexity index is 399. The highest BCUT2D eigenvalue weighted by molar-refractivity contribution is 5.98. The van der Waals surface area contributed by atoms with E-state index in [1.807, 2.05) is 0 Å². The first-order valence-electron chi connectivity index (χ1n) is 5.30. The first kappa shape index (κ1) is 13.0. The molecule has 5 nitrogen and oxygen atoms in total. The minimum Gasteiger partial charge on any atom is -0.493 e. The molecule has 0 unspecified atom stereocenters. The van der Waals surface area contributed by atoms with E-state index in [9.17, 15) is 4.79 Å². The maximum Gasteiger partial charge on any atom is 0.223 e. The third kappa shape index (κ3) is 4.14. The fourth-order valence-electron chi connectivity index (χ4n) is 1.24. The van der Waals surface area contributed by atoms with Gasteiger partial charge in [-0.1, -0.05) is 5.16 Å². The van der Waals surface area contributed by atoms with Crippen LogP contribution in [-0.2, 0) is 4.79 Å². The molecule has 0 atom stereocenters. The van der Waals surface area contributed by atoms with Gasteiger partial charge in [0, 0.05) is 7.05 Å². The number of rotatable bonds is 5. The van der Waals surface area contributed by atoms with Crippen molar-refractivity contribution >= 4 is 11.6 Å². The zero-order valence-electron chi connectivity index (χ0n) is 9.93. The van der Waals surface area contributed by atoms with Gasteiger partial charge < -0.3 is 15.3 Å². The number of oxime groups is 1. The Hall–Kier alpha value is -2.04. The van der Waals surface area contributed by atoms with E-state index in [1.54, 1.807) is 38.2 Å². The Morgan fingerprint density at radius 2 is 2.06 bits per heavy atom. The fourth-order valence-corrected chi connectivity index (χ4v) is 1.24. The van der Waals surface area contributed by atoms with Gasteiger partial charge in [0.2, 0.25) is 5.91 Å². The highest BCUT2D eigenvalue weighted by Gasteiger charge is 2.01. The van der Waals surface area contributed by atoms with E-state index < -0.39 is 0 Å². The second kappa shape index (κ2) is 6.52. The number of amides is 1. The molecular formula is C12H16N2O3. The number of hydrogen-bond acceptors (Lipinski definition) is 4. The topological polar surface area (TPSA) is 70.9 Å². The van der Waals surface area contributed by atoms with Crippen LogP contribution in [0.3, 0.4) is 0 Å². The van der Waals surface area contributed by atoms with Crippen molar-refractivity contribution in [3.8, 4) is 5.75 Å². The molecule has 0 radical (unpaired) electrons. The summed E-state index contributed by atoms with van der Waals surface area (Å²) in [5.74, 6) is 0.633. The second-order valence-electron chi connectivity index (χ2n) is 3.48. The number of nitrogens with one attached hydrogen (secondary N) is 1. The lowest BCUT2D eigenvalue weighted by Crippen LogP contribution is -2.20. The molecule has 1 rings (SSSR count). The number of nitrogens with zero attached hydrogens (tertiary/aromatic N) is 1. The van der Waals surface area contributed by atoms with Gasteiger partial charge in [-0.25, -0.2) is 0 Å². The third-order valence-corrected chi connectivity index (χ3v) is 2.30. The van der Waals surface area contributed by atoms with Crippen molar-refractivity contribution in [2.75, 3.05) is 13.7 Å². The van der Waals surface area contributed by atoms with Crippen LogP contribution in [0.25, 0.3) is 0 Å². The zero-order valence-corrected chi connectivity index (χ0v) is 9.93. The highest BCUT2D eigenvalue weighted by atomic mass is 16.5. The van der Waals surface area contributed by atoms with E-state index in [1.165, 1.54) is 0 Å². The fraction of sp³-hybridized carbons (Fsp3) is 0.333. The lowest BCUT2D eigenvalue weighted by atomic mass is 10.1. The smallest absolute Gasteiger partial charge is 0.223 e. The van der Waals surface area contributed by atoms with Gasteiger partial charge >= 0.3 is 0 Å². The van der Waals surface area contributed by atoms with E-state index >= 15 is 0 Å².